The van der Waals surface area contributed by atoms with Gasteiger partial charge in [0.1, 0.15) is 5.75 Å². The number of piperazine rings is 1. The maximum atomic E-state index is 12.6. The summed E-state index contributed by atoms with van der Waals surface area (Å²) in [5.41, 5.74) is 2.68. The first kappa shape index (κ1) is 16.2. The number of anilines is 2. The average Bonchev–Trinajstić information content (AvgIpc) is 3.10. The molecule has 2 aromatic rings. The fourth-order valence-electron chi connectivity index (χ4n) is 3.20. The molecule has 2 aliphatic rings. The fourth-order valence-corrected chi connectivity index (χ4v) is 4.25. The first-order valence-corrected chi connectivity index (χ1v) is 9.94. The zero-order chi connectivity index (χ0) is 17.3. The van der Waals surface area contributed by atoms with Gasteiger partial charge < -0.3 is 15.0 Å². The van der Waals surface area contributed by atoms with Crippen LogP contribution in [-0.2, 0) is 16.4 Å². The van der Waals surface area contributed by atoms with Crippen molar-refractivity contribution >= 4 is 21.4 Å². The van der Waals surface area contributed by atoms with Crippen LogP contribution in [0.15, 0.2) is 47.4 Å². The Morgan fingerprint density at radius 2 is 1.80 bits per heavy atom. The van der Waals surface area contributed by atoms with Crippen molar-refractivity contribution in [3.63, 3.8) is 0 Å². The fraction of sp³-hybridized carbons (Fsp3) is 0.333. The molecule has 0 saturated carbocycles. The normalized spacial score (nSPS) is 17.0. The zero-order valence-electron chi connectivity index (χ0n) is 13.9. The third-order valence-corrected chi connectivity index (χ3v) is 5.97. The number of hydrogen-bond acceptors (Lipinski definition) is 5. The molecule has 6 nitrogen and oxygen atoms in total. The Balaban J connectivity index is 1.51. The SMILES string of the molecule is O=S(=O)(Nc1ccc2c(c1)OCC2)c1ccc(N2CCNCC2)cc1. The van der Waals surface area contributed by atoms with E-state index in [0.717, 1.165) is 49.6 Å². The van der Waals surface area contributed by atoms with Crippen LogP contribution in [0.4, 0.5) is 11.4 Å². The molecular weight excluding hydrogens is 338 g/mol. The molecule has 0 unspecified atom stereocenters. The van der Waals surface area contributed by atoms with E-state index < -0.39 is 10.0 Å². The second kappa shape index (κ2) is 6.57. The predicted octanol–water partition coefficient (Wildman–Crippen LogP) is 1.83. The van der Waals surface area contributed by atoms with Crippen LogP contribution in [0.5, 0.6) is 5.75 Å². The number of ether oxygens (including phenoxy) is 1. The molecule has 0 bridgehead atoms. The summed E-state index contributed by atoms with van der Waals surface area (Å²) in [6, 6.07) is 12.5. The van der Waals surface area contributed by atoms with Crippen molar-refractivity contribution in [1.82, 2.24) is 5.32 Å². The molecule has 132 valence electrons. The van der Waals surface area contributed by atoms with Crippen molar-refractivity contribution in [2.75, 3.05) is 42.4 Å². The predicted molar refractivity (Wildman–Crippen MR) is 98.0 cm³/mol. The van der Waals surface area contributed by atoms with Gasteiger partial charge in [-0.25, -0.2) is 8.42 Å². The number of hydrogen-bond donors (Lipinski definition) is 2. The van der Waals surface area contributed by atoms with Crippen LogP contribution >= 0.6 is 0 Å². The molecular formula is C18H21N3O3S. The molecule has 1 fully saturated rings. The van der Waals surface area contributed by atoms with Gasteiger partial charge in [-0.2, -0.15) is 0 Å². The number of benzene rings is 2. The third-order valence-electron chi connectivity index (χ3n) is 4.58. The van der Waals surface area contributed by atoms with Crippen LogP contribution in [-0.4, -0.2) is 41.2 Å². The Labute approximate surface area is 147 Å². The van der Waals surface area contributed by atoms with Crippen molar-refractivity contribution in [2.45, 2.75) is 11.3 Å². The van der Waals surface area contributed by atoms with Gasteiger partial charge >= 0.3 is 0 Å². The zero-order valence-corrected chi connectivity index (χ0v) is 14.7. The summed E-state index contributed by atoms with van der Waals surface area (Å²) in [7, 11) is -3.61. The number of nitrogens with zero attached hydrogens (tertiary/aromatic N) is 1. The van der Waals surface area contributed by atoms with Gasteiger partial charge in [-0.05, 0) is 35.9 Å². The molecule has 25 heavy (non-hydrogen) atoms. The molecule has 2 N–H and O–H groups in total. The molecule has 0 aliphatic carbocycles. The van der Waals surface area contributed by atoms with Crippen LogP contribution in [0.25, 0.3) is 0 Å². The first-order valence-electron chi connectivity index (χ1n) is 8.46. The Hall–Kier alpha value is -2.25. The molecule has 2 heterocycles. The second-order valence-corrected chi connectivity index (χ2v) is 7.94. The smallest absolute Gasteiger partial charge is 0.261 e. The monoisotopic (exact) mass is 359 g/mol. The van der Waals surface area contributed by atoms with Crippen LogP contribution in [0.3, 0.4) is 0 Å². The van der Waals surface area contributed by atoms with Crippen molar-refractivity contribution in [3.8, 4) is 5.75 Å². The Morgan fingerprint density at radius 3 is 2.56 bits per heavy atom. The van der Waals surface area contributed by atoms with Crippen LogP contribution in [0, 0.1) is 0 Å². The highest BCUT2D eigenvalue weighted by Crippen LogP contribution is 2.29. The molecule has 1 saturated heterocycles. The lowest BCUT2D eigenvalue weighted by Crippen LogP contribution is -2.43. The Morgan fingerprint density at radius 1 is 1.04 bits per heavy atom. The third kappa shape index (κ3) is 3.43. The molecule has 0 aromatic heterocycles. The number of fused-ring (bicyclic) bond motifs is 1. The molecule has 0 atom stereocenters. The summed E-state index contributed by atoms with van der Waals surface area (Å²) < 4.78 is 33.4. The van der Waals surface area contributed by atoms with Gasteiger partial charge in [-0.3, -0.25) is 4.72 Å². The van der Waals surface area contributed by atoms with Gasteiger partial charge in [-0.15, -0.1) is 0 Å². The molecule has 0 radical (unpaired) electrons. The minimum atomic E-state index is -3.61. The highest BCUT2D eigenvalue weighted by atomic mass is 32.2. The van der Waals surface area contributed by atoms with E-state index in [0.29, 0.717) is 12.3 Å². The standard InChI is InChI=1S/C18H21N3O3S/c22-25(23,20-15-2-1-14-7-12-24-18(14)13-15)17-5-3-16(4-6-17)21-10-8-19-9-11-21/h1-6,13,19-20H,7-12H2. The first-order chi connectivity index (χ1) is 12.1. The lowest BCUT2D eigenvalue weighted by Gasteiger charge is -2.29. The Bertz CT molecular complexity index is 860. The van der Waals surface area contributed by atoms with Gasteiger partial charge in [0.05, 0.1) is 17.2 Å². The summed E-state index contributed by atoms with van der Waals surface area (Å²) >= 11 is 0. The lowest BCUT2D eigenvalue weighted by atomic mass is 10.1. The minimum Gasteiger partial charge on any atom is -0.493 e. The molecule has 2 aliphatic heterocycles. The summed E-state index contributed by atoms with van der Waals surface area (Å²) in [4.78, 5) is 2.51. The summed E-state index contributed by atoms with van der Waals surface area (Å²) in [5.74, 6) is 0.759. The maximum absolute atomic E-state index is 12.6. The van der Waals surface area contributed by atoms with E-state index in [9.17, 15) is 8.42 Å². The van der Waals surface area contributed by atoms with Crippen molar-refractivity contribution in [1.29, 1.82) is 0 Å². The van der Waals surface area contributed by atoms with Crippen molar-refractivity contribution in [2.24, 2.45) is 0 Å². The van der Waals surface area contributed by atoms with Crippen LogP contribution in [0.2, 0.25) is 0 Å². The van der Waals surface area contributed by atoms with Gasteiger partial charge in [0.2, 0.25) is 0 Å². The van der Waals surface area contributed by atoms with Gasteiger partial charge in [-0.1, -0.05) is 6.07 Å². The number of rotatable bonds is 4. The van der Waals surface area contributed by atoms with Crippen molar-refractivity contribution < 1.29 is 13.2 Å². The lowest BCUT2D eigenvalue weighted by molar-refractivity contribution is 0.357. The van der Waals surface area contributed by atoms with E-state index in [1.54, 1.807) is 24.3 Å². The van der Waals surface area contributed by atoms with E-state index in [2.05, 4.69) is 14.9 Å². The van der Waals surface area contributed by atoms with E-state index >= 15 is 0 Å². The van der Waals surface area contributed by atoms with Crippen LogP contribution < -0.4 is 19.7 Å². The quantitative estimate of drug-likeness (QED) is 0.872. The number of sulfonamides is 1. The highest BCUT2D eigenvalue weighted by Gasteiger charge is 2.18. The topological polar surface area (TPSA) is 70.7 Å². The van der Waals surface area contributed by atoms with Gasteiger partial charge in [0.15, 0.2) is 0 Å². The highest BCUT2D eigenvalue weighted by molar-refractivity contribution is 7.92. The minimum absolute atomic E-state index is 0.257. The molecule has 2 aromatic carbocycles. The summed E-state index contributed by atoms with van der Waals surface area (Å²) in [5, 5.41) is 3.31. The van der Waals surface area contributed by atoms with Crippen molar-refractivity contribution in [3.05, 3.63) is 48.0 Å². The molecule has 0 amide bonds. The van der Waals surface area contributed by atoms with Crippen LogP contribution in [0.1, 0.15) is 5.56 Å². The molecule has 4 rings (SSSR count). The number of nitrogens with one attached hydrogen (secondary N) is 2. The summed E-state index contributed by atoms with van der Waals surface area (Å²) in [6.45, 7) is 4.40. The summed E-state index contributed by atoms with van der Waals surface area (Å²) in [6.07, 6.45) is 0.871. The van der Waals surface area contributed by atoms with E-state index in [4.69, 9.17) is 4.74 Å². The second-order valence-electron chi connectivity index (χ2n) is 6.26. The van der Waals surface area contributed by atoms with E-state index in [1.807, 2.05) is 18.2 Å². The average molecular weight is 359 g/mol. The molecule has 7 heteroatoms. The van der Waals surface area contributed by atoms with Gasteiger partial charge in [0, 0.05) is 44.4 Å². The maximum Gasteiger partial charge on any atom is 0.261 e. The van der Waals surface area contributed by atoms with E-state index in [1.165, 1.54) is 0 Å². The van der Waals surface area contributed by atoms with E-state index in [-0.39, 0.29) is 4.90 Å². The molecule has 0 spiro atoms. The Kier molecular flexibility index (Phi) is 4.27. The van der Waals surface area contributed by atoms with Gasteiger partial charge in [0.25, 0.3) is 10.0 Å². The largest absolute Gasteiger partial charge is 0.493 e.